The maximum Gasteiger partial charge on any atom is 0.339 e. The normalized spacial score (nSPS) is 16.2. The number of aryl methyl sites for hydroxylation is 1. The third-order valence-corrected chi connectivity index (χ3v) is 7.39. The summed E-state index contributed by atoms with van der Waals surface area (Å²) in [6, 6.07) is 13.5. The molecule has 0 radical (unpaired) electrons. The lowest BCUT2D eigenvalue weighted by molar-refractivity contribution is -0.132. The molecular weight excluding hydrogens is 424 g/mol. The number of benzene rings is 2. The zero-order valence-electron chi connectivity index (χ0n) is 18.1. The smallest absolute Gasteiger partial charge is 0.339 e. The first-order chi connectivity index (χ1) is 15.5. The topological polar surface area (TPSA) is 72.6 Å². The number of carbonyl (C=O) groups is 1. The van der Waals surface area contributed by atoms with Gasteiger partial charge in [0.15, 0.2) is 0 Å². The number of ether oxygens (including phenoxy) is 1. The van der Waals surface area contributed by atoms with E-state index in [4.69, 9.17) is 14.1 Å². The average Bonchev–Trinajstić information content (AvgIpc) is 3.45. The van der Waals surface area contributed by atoms with Crippen molar-refractivity contribution in [2.45, 2.75) is 38.6 Å². The maximum atomic E-state index is 13.1. The fraction of sp³-hybridized carbons (Fsp3) is 0.320. The van der Waals surface area contributed by atoms with E-state index < -0.39 is 0 Å². The summed E-state index contributed by atoms with van der Waals surface area (Å²) in [5.41, 5.74) is 2.51. The van der Waals surface area contributed by atoms with Crippen LogP contribution in [0.15, 0.2) is 51.7 Å². The minimum absolute atomic E-state index is 0.0153. The quantitative estimate of drug-likeness (QED) is 0.401. The van der Waals surface area contributed by atoms with Crippen molar-refractivity contribution < 1.29 is 13.9 Å². The van der Waals surface area contributed by atoms with Gasteiger partial charge < -0.3 is 14.1 Å². The summed E-state index contributed by atoms with van der Waals surface area (Å²) in [4.78, 5) is 32.5. The SMILES string of the molecule is COc1ccc2c(C)c(CCC(=O)N3CCCC3c3nc4ccccc4s3)c(=O)oc2c1. The summed E-state index contributed by atoms with van der Waals surface area (Å²) in [6.45, 7) is 2.63. The van der Waals surface area contributed by atoms with Gasteiger partial charge in [0.25, 0.3) is 0 Å². The number of methoxy groups -OCH3 is 1. The number of fused-ring (bicyclic) bond motifs is 2. The first-order valence-corrected chi connectivity index (χ1v) is 11.6. The fourth-order valence-electron chi connectivity index (χ4n) is 4.52. The van der Waals surface area contributed by atoms with Crippen LogP contribution in [-0.4, -0.2) is 29.4 Å². The van der Waals surface area contributed by atoms with Gasteiger partial charge in [0.05, 0.1) is 23.4 Å². The molecule has 164 valence electrons. The summed E-state index contributed by atoms with van der Waals surface area (Å²) in [7, 11) is 1.58. The molecule has 0 aliphatic carbocycles. The lowest BCUT2D eigenvalue weighted by Gasteiger charge is -2.23. The van der Waals surface area contributed by atoms with Crippen molar-refractivity contribution in [1.82, 2.24) is 9.88 Å². The van der Waals surface area contributed by atoms with Crippen LogP contribution >= 0.6 is 11.3 Å². The number of para-hydroxylation sites is 1. The zero-order valence-corrected chi connectivity index (χ0v) is 18.9. The van der Waals surface area contributed by atoms with Crippen molar-refractivity contribution in [1.29, 1.82) is 0 Å². The third-order valence-electron chi connectivity index (χ3n) is 6.25. The predicted molar refractivity (Wildman–Crippen MR) is 125 cm³/mol. The predicted octanol–water partition coefficient (Wildman–Crippen LogP) is 5.02. The average molecular weight is 449 g/mol. The standard InChI is InChI=1S/C25H24N2O4S/c1-15-17-10-9-16(30-2)14-21(17)31-25(29)18(15)11-12-23(28)27-13-5-7-20(27)24-26-19-6-3-4-8-22(19)32-24/h3-4,6,8-10,14,20H,5,7,11-13H2,1-2H3. The highest BCUT2D eigenvalue weighted by atomic mass is 32.1. The summed E-state index contributed by atoms with van der Waals surface area (Å²) < 4.78 is 11.9. The molecule has 1 aliphatic heterocycles. The molecule has 3 heterocycles. The molecule has 2 aromatic heterocycles. The van der Waals surface area contributed by atoms with Gasteiger partial charge in [-0.15, -0.1) is 11.3 Å². The Hall–Kier alpha value is -3.19. The van der Waals surface area contributed by atoms with Crippen LogP contribution in [-0.2, 0) is 11.2 Å². The molecule has 1 saturated heterocycles. The third kappa shape index (κ3) is 3.66. The second-order valence-corrected chi connectivity index (χ2v) is 9.18. The van der Waals surface area contributed by atoms with E-state index in [1.807, 2.05) is 42.2 Å². The number of nitrogens with zero attached hydrogens (tertiary/aromatic N) is 2. The molecule has 1 aliphatic rings. The van der Waals surface area contributed by atoms with Crippen LogP contribution in [0.5, 0.6) is 5.75 Å². The molecule has 0 saturated carbocycles. The second-order valence-electron chi connectivity index (χ2n) is 8.12. The molecule has 0 N–H and O–H groups in total. The second kappa shape index (κ2) is 8.39. The number of carbonyl (C=O) groups excluding carboxylic acids is 1. The molecule has 2 aromatic carbocycles. The first-order valence-electron chi connectivity index (χ1n) is 10.8. The van der Waals surface area contributed by atoms with E-state index >= 15 is 0 Å². The van der Waals surface area contributed by atoms with Crippen molar-refractivity contribution in [3.05, 3.63) is 69.0 Å². The Morgan fingerprint density at radius 3 is 2.94 bits per heavy atom. The van der Waals surface area contributed by atoms with E-state index in [2.05, 4.69) is 6.07 Å². The monoisotopic (exact) mass is 448 g/mol. The molecule has 1 atom stereocenters. The molecule has 32 heavy (non-hydrogen) atoms. The van der Waals surface area contributed by atoms with E-state index in [-0.39, 0.29) is 24.0 Å². The Morgan fingerprint density at radius 1 is 1.28 bits per heavy atom. The number of rotatable bonds is 5. The Morgan fingerprint density at radius 2 is 2.12 bits per heavy atom. The van der Waals surface area contributed by atoms with Gasteiger partial charge >= 0.3 is 5.63 Å². The van der Waals surface area contributed by atoms with Crippen LogP contribution in [0.3, 0.4) is 0 Å². The summed E-state index contributed by atoms with van der Waals surface area (Å²) in [5.74, 6) is 0.693. The minimum Gasteiger partial charge on any atom is -0.497 e. The van der Waals surface area contributed by atoms with Crippen molar-refractivity contribution >= 4 is 38.4 Å². The molecule has 7 heteroatoms. The molecule has 4 aromatic rings. The van der Waals surface area contributed by atoms with Crippen LogP contribution in [0.4, 0.5) is 0 Å². The van der Waals surface area contributed by atoms with E-state index in [0.717, 1.165) is 45.6 Å². The van der Waals surface area contributed by atoms with Gasteiger partial charge in [0.1, 0.15) is 16.3 Å². The van der Waals surface area contributed by atoms with E-state index in [9.17, 15) is 9.59 Å². The molecule has 0 bridgehead atoms. The highest BCUT2D eigenvalue weighted by molar-refractivity contribution is 7.18. The fourth-order valence-corrected chi connectivity index (χ4v) is 5.64. The van der Waals surface area contributed by atoms with Gasteiger partial charge in [0.2, 0.25) is 5.91 Å². The summed E-state index contributed by atoms with van der Waals surface area (Å²) >= 11 is 1.66. The van der Waals surface area contributed by atoms with Crippen LogP contribution < -0.4 is 10.4 Å². The summed E-state index contributed by atoms with van der Waals surface area (Å²) in [6.07, 6.45) is 2.52. The van der Waals surface area contributed by atoms with Gasteiger partial charge in [-0.05, 0) is 56.0 Å². The van der Waals surface area contributed by atoms with E-state index in [1.165, 1.54) is 0 Å². The molecule has 1 amide bonds. The van der Waals surface area contributed by atoms with Crippen LogP contribution in [0.2, 0.25) is 0 Å². The summed E-state index contributed by atoms with van der Waals surface area (Å²) in [5, 5.41) is 1.86. The lowest BCUT2D eigenvalue weighted by Crippen LogP contribution is -2.31. The van der Waals surface area contributed by atoms with Gasteiger partial charge in [-0.2, -0.15) is 0 Å². The van der Waals surface area contributed by atoms with Gasteiger partial charge in [-0.25, -0.2) is 9.78 Å². The zero-order chi connectivity index (χ0) is 22.2. The van der Waals surface area contributed by atoms with Gasteiger partial charge in [-0.3, -0.25) is 4.79 Å². The molecular formula is C25H24N2O4S. The number of amides is 1. The Labute approximate surface area is 189 Å². The number of hydrogen-bond acceptors (Lipinski definition) is 6. The number of hydrogen-bond donors (Lipinski definition) is 0. The van der Waals surface area contributed by atoms with E-state index in [0.29, 0.717) is 23.3 Å². The molecule has 0 spiro atoms. The van der Waals surface area contributed by atoms with Crippen molar-refractivity contribution in [2.75, 3.05) is 13.7 Å². The lowest BCUT2D eigenvalue weighted by atomic mass is 10.0. The maximum absolute atomic E-state index is 13.1. The van der Waals surface area contributed by atoms with E-state index in [1.54, 1.807) is 24.5 Å². The molecule has 5 rings (SSSR count). The highest BCUT2D eigenvalue weighted by Crippen LogP contribution is 2.37. The largest absolute Gasteiger partial charge is 0.497 e. The van der Waals surface area contributed by atoms with Crippen LogP contribution in [0.1, 0.15) is 41.4 Å². The molecule has 6 nitrogen and oxygen atoms in total. The van der Waals surface area contributed by atoms with Crippen LogP contribution in [0.25, 0.3) is 21.2 Å². The number of thiazole rings is 1. The van der Waals surface area contributed by atoms with Crippen molar-refractivity contribution in [3.8, 4) is 5.75 Å². The van der Waals surface area contributed by atoms with Gasteiger partial charge in [-0.1, -0.05) is 12.1 Å². The Kier molecular flexibility index (Phi) is 5.43. The number of likely N-dealkylation sites (tertiary alicyclic amines) is 1. The molecule has 1 unspecified atom stereocenters. The van der Waals surface area contributed by atoms with Crippen molar-refractivity contribution in [3.63, 3.8) is 0 Å². The van der Waals surface area contributed by atoms with Crippen molar-refractivity contribution in [2.24, 2.45) is 0 Å². The number of aromatic nitrogens is 1. The molecule has 1 fully saturated rings. The highest BCUT2D eigenvalue weighted by Gasteiger charge is 2.32. The van der Waals surface area contributed by atoms with Crippen LogP contribution in [0, 0.1) is 6.92 Å². The van der Waals surface area contributed by atoms with Gasteiger partial charge in [0, 0.05) is 30.0 Å². The first kappa shape index (κ1) is 20.7. The minimum atomic E-state index is -0.389. The Bertz CT molecular complexity index is 1340. The Balaban J connectivity index is 1.36.